The highest BCUT2D eigenvalue weighted by atomic mass is 35.5. The Balaban J connectivity index is 2.05. The van der Waals surface area contributed by atoms with Crippen molar-refractivity contribution in [1.29, 1.82) is 0 Å². The van der Waals surface area contributed by atoms with E-state index in [0.29, 0.717) is 29.4 Å². The average Bonchev–Trinajstić information content (AvgIpc) is 2.48. The number of anilines is 1. The summed E-state index contributed by atoms with van der Waals surface area (Å²) < 4.78 is 5.24. The van der Waals surface area contributed by atoms with Crippen LogP contribution in [0.25, 0.3) is 0 Å². The first-order chi connectivity index (χ1) is 10.1. The molecule has 5 heteroatoms. The molecule has 3 N–H and O–H groups in total. The van der Waals surface area contributed by atoms with Crippen molar-refractivity contribution < 1.29 is 9.53 Å². The van der Waals surface area contributed by atoms with Crippen molar-refractivity contribution in [3.05, 3.63) is 23.2 Å². The molecule has 0 radical (unpaired) electrons. The molecule has 0 aromatic heterocycles. The summed E-state index contributed by atoms with van der Waals surface area (Å²) in [4.78, 5) is 12.4. The SMILES string of the molecule is COc1ccc(Cl)cc1NC(=O)CC1(CN)CCCCC1. The number of hydrogen-bond acceptors (Lipinski definition) is 3. The van der Waals surface area contributed by atoms with E-state index >= 15 is 0 Å². The van der Waals surface area contributed by atoms with Crippen LogP contribution in [0.5, 0.6) is 5.75 Å². The third kappa shape index (κ3) is 4.11. The van der Waals surface area contributed by atoms with E-state index in [0.717, 1.165) is 25.7 Å². The normalized spacial score (nSPS) is 17.3. The van der Waals surface area contributed by atoms with Gasteiger partial charge in [0, 0.05) is 11.4 Å². The molecule has 4 nitrogen and oxygen atoms in total. The quantitative estimate of drug-likeness (QED) is 0.873. The summed E-state index contributed by atoms with van der Waals surface area (Å²) in [7, 11) is 1.57. The maximum atomic E-state index is 12.4. The molecule has 1 aromatic carbocycles. The first-order valence-electron chi connectivity index (χ1n) is 7.42. The summed E-state index contributed by atoms with van der Waals surface area (Å²) in [5.74, 6) is 0.584. The maximum absolute atomic E-state index is 12.4. The molecule has 0 heterocycles. The minimum absolute atomic E-state index is 0.0251. The number of hydrogen-bond donors (Lipinski definition) is 2. The fourth-order valence-corrected chi connectivity index (χ4v) is 3.24. The Morgan fingerprint density at radius 3 is 2.71 bits per heavy atom. The molecule has 1 aliphatic rings. The van der Waals surface area contributed by atoms with Crippen LogP contribution in [0.1, 0.15) is 38.5 Å². The van der Waals surface area contributed by atoms with Crippen molar-refractivity contribution >= 4 is 23.2 Å². The highest BCUT2D eigenvalue weighted by Crippen LogP contribution is 2.39. The highest BCUT2D eigenvalue weighted by molar-refractivity contribution is 6.31. The zero-order chi connectivity index (χ0) is 15.3. The van der Waals surface area contributed by atoms with Crippen molar-refractivity contribution in [2.45, 2.75) is 38.5 Å². The topological polar surface area (TPSA) is 64.3 Å². The van der Waals surface area contributed by atoms with Gasteiger partial charge in [0.2, 0.25) is 5.91 Å². The third-order valence-electron chi connectivity index (χ3n) is 4.32. The van der Waals surface area contributed by atoms with E-state index in [4.69, 9.17) is 22.1 Å². The van der Waals surface area contributed by atoms with Gasteiger partial charge >= 0.3 is 0 Å². The molecule has 1 fully saturated rings. The standard InChI is InChI=1S/C16H23ClN2O2/c1-21-14-6-5-12(17)9-13(14)19-15(20)10-16(11-18)7-3-2-4-8-16/h5-6,9H,2-4,7-8,10-11,18H2,1H3,(H,19,20). The summed E-state index contributed by atoms with van der Waals surface area (Å²) in [6, 6.07) is 5.18. The van der Waals surface area contributed by atoms with Gasteiger partial charge in [0.15, 0.2) is 0 Å². The van der Waals surface area contributed by atoms with Crippen molar-refractivity contribution in [1.82, 2.24) is 0 Å². The summed E-state index contributed by atoms with van der Waals surface area (Å²) in [6.07, 6.45) is 6.08. The Morgan fingerprint density at radius 2 is 2.10 bits per heavy atom. The van der Waals surface area contributed by atoms with Gasteiger partial charge < -0.3 is 15.8 Å². The molecule has 1 saturated carbocycles. The molecule has 0 saturated heterocycles. The monoisotopic (exact) mass is 310 g/mol. The van der Waals surface area contributed by atoms with Crippen LogP contribution in [-0.4, -0.2) is 19.6 Å². The smallest absolute Gasteiger partial charge is 0.225 e. The summed E-state index contributed by atoms with van der Waals surface area (Å²) in [5, 5.41) is 3.47. The van der Waals surface area contributed by atoms with Crippen molar-refractivity contribution in [3.63, 3.8) is 0 Å². The van der Waals surface area contributed by atoms with Gasteiger partial charge in [-0.25, -0.2) is 0 Å². The molecule has 0 bridgehead atoms. The third-order valence-corrected chi connectivity index (χ3v) is 4.55. The van der Waals surface area contributed by atoms with Crippen LogP contribution in [0.15, 0.2) is 18.2 Å². The Labute approximate surface area is 131 Å². The summed E-state index contributed by atoms with van der Waals surface area (Å²) in [6.45, 7) is 0.563. The van der Waals surface area contributed by atoms with Crippen molar-refractivity contribution in [2.75, 3.05) is 19.0 Å². The zero-order valence-corrected chi connectivity index (χ0v) is 13.2. The Morgan fingerprint density at radius 1 is 1.38 bits per heavy atom. The first kappa shape index (κ1) is 16.1. The van der Waals surface area contributed by atoms with E-state index in [-0.39, 0.29) is 11.3 Å². The fraction of sp³-hybridized carbons (Fsp3) is 0.562. The fourth-order valence-electron chi connectivity index (χ4n) is 3.07. The van der Waals surface area contributed by atoms with Gasteiger partial charge in [-0.15, -0.1) is 0 Å². The molecular formula is C16H23ClN2O2. The first-order valence-corrected chi connectivity index (χ1v) is 7.80. The van der Waals surface area contributed by atoms with E-state index in [9.17, 15) is 4.79 Å². The lowest BCUT2D eigenvalue weighted by molar-refractivity contribution is -0.118. The second kappa shape index (κ2) is 7.14. The van der Waals surface area contributed by atoms with Gasteiger partial charge in [-0.1, -0.05) is 30.9 Å². The molecular weight excluding hydrogens is 288 g/mol. The maximum Gasteiger partial charge on any atom is 0.225 e. The number of ether oxygens (including phenoxy) is 1. The second-order valence-electron chi connectivity index (χ2n) is 5.83. The number of carbonyl (C=O) groups is 1. The van der Waals surface area contributed by atoms with Crippen LogP contribution in [-0.2, 0) is 4.79 Å². The van der Waals surface area contributed by atoms with Gasteiger partial charge in [0.05, 0.1) is 12.8 Å². The van der Waals surface area contributed by atoms with Gasteiger partial charge in [0.1, 0.15) is 5.75 Å². The molecule has 0 aliphatic heterocycles. The lowest BCUT2D eigenvalue weighted by atomic mass is 9.71. The van der Waals surface area contributed by atoms with Gasteiger partial charge in [-0.3, -0.25) is 4.79 Å². The molecule has 0 atom stereocenters. The number of methoxy groups -OCH3 is 1. The molecule has 1 aromatic rings. The van der Waals surface area contributed by atoms with Crippen LogP contribution in [0.4, 0.5) is 5.69 Å². The minimum Gasteiger partial charge on any atom is -0.495 e. The van der Waals surface area contributed by atoms with E-state index in [1.807, 2.05) is 0 Å². The molecule has 21 heavy (non-hydrogen) atoms. The predicted molar refractivity (Wildman–Crippen MR) is 85.8 cm³/mol. The number of amides is 1. The summed E-state index contributed by atoms with van der Waals surface area (Å²) in [5.41, 5.74) is 6.50. The minimum atomic E-state index is -0.0475. The average molecular weight is 311 g/mol. The zero-order valence-electron chi connectivity index (χ0n) is 12.5. The molecule has 0 spiro atoms. The van der Waals surface area contributed by atoms with E-state index < -0.39 is 0 Å². The number of nitrogens with one attached hydrogen (secondary N) is 1. The molecule has 116 valence electrons. The van der Waals surface area contributed by atoms with Crippen LogP contribution in [0.3, 0.4) is 0 Å². The molecule has 1 amide bonds. The van der Waals surface area contributed by atoms with Gasteiger partial charge in [-0.05, 0) is 43.0 Å². The summed E-state index contributed by atoms with van der Waals surface area (Å²) >= 11 is 5.98. The number of benzene rings is 1. The highest BCUT2D eigenvalue weighted by Gasteiger charge is 2.33. The van der Waals surface area contributed by atoms with E-state index in [1.54, 1.807) is 25.3 Å². The van der Waals surface area contributed by atoms with Gasteiger partial charge in [0.25, 0.3) is 0 Å². The molecule has 0 unspecified atom stereocenters. The van der Waals surface area contributed by atoms with Crippen LogP contribution in [0.2, 0.25) is 5.02 Å². The molecule has 1 aliphatic carbocycles. The second-order valence-corrected chi connectivity index (χ2v) is 6.27. The number of halogens is 1. The Bertz CT molecular complexity index is 499. The largest absolute Gasteiger partial charge is 0.495 e. The lowest BCUT2D eigenvalue weighted by Crippen LogP contribution is -2.36. The van der Waals surface area contributed by atoms with E-state index in [2.05, 4.69) is 5.32 Å². The molecule has 2 rings (SSSR count). The van der Waals surface area contributed by atoms with Crippen LogP contribution < -0.4 is 15.8 Å². The lowest BCUT2D eigenvalue weighted by Gasteiger charge is -2.35. The van der Waals surface area contributed by atoms with Crippen molar-refractivity contribution in [3.8, 4) is 5.75 Å². The Hall–Kier alpha value is -1.26. The van der Waals surface area contributed by atoms with Crippen LogP contribution in [0, 0.1) is 5.41 Å². The van der Waals surface area contributed by atoms with Crippen molar-refractivity contribution in [2.24, 2.45) is 11.1 Å². The number of rotatable bonds is 5. The Kier molecular flexibility index (Phi) is 5.48. The van der Waals surface area contributed by atoms with E-state index in [1.165, 1.54) is 6.42 Å². The number of carbonyl (C=O) groups excluding carboxylic acids is 1. The number of nitrogens with two attached hydrogens (primary N) is 1. The van der Waals surface area contributed by atoms with Crippen LogP contribution >= 0.6 is 11.6 Å². The van der Waals surface area contributed by atoms with Gasteiger partial charge in [-0.2, -0.15) is 0 Å². The predicted octanol–water partition coefficient (Wildman–Crippen LogP) is 3.59.